The third-order valence-corrected chi connectivity index (χ3v) is 1.07. The van der Waals surface area contributed by atoms with E-state index >= 15 is 0 Å². The molecule has 12 heavy (non-hydrogen) atoms. The first-order valence-electron chi connectivity index (χ1n) is 3.94. The second kappa shape index (κ2) is 10.1. The van der Waals surface area contributed by atoms with Crippen LogP contribution < -0.4 is 0 Å². The molecule has 0 N–H and O–H groups in total. The molecule has 0 amide bonds. The molecule has 0 radical (unpaired) electrons. The zero-order valence-corrected chi connectivity index (χ0v) is 7.37. The monoisotopic (exact) mass is 168 g/mol. The molecule has 0 atom stereocenters. The Labute approximate surface area is 74.2 Å². The van der Waals surface area contributed by atoms with E-state index in [1.54, 1.807) is 12.2 Å². The molecular formula is C10H16O2. The van der Waals surface area contributed by atoms with Crippen molar-refractivity contribution >= 4 is 0 Å². The molecule has 1 heterocycles. The van der Waals surface area contributed by atoms with Crippen LogP contribution in [0.4, 0.5) is 0 Å². The Kier molecular flexibility index (Phi) is 9.41. The predicted molar refractivity (Wildman–Crippen MR) is 51.2 cm³/mol. The van der Waals surface area contributed by atoms with Crippen LogP contribution in [0.15, 0.2) is 37.5 Å². The summed E-state index contributed by atoms with van der Waals surface area (Å²) in [5.41, 5.74) is 0. The Bertz CT molecular complexity index is 125. The van der Waals surface area contributed by atoms with Crippen molar-refractivity contribution in [1.82, 2.24) is 0 Å². The quantitative estimate of drug-likeness (QED) is 0.472. The van der Waals surface area contributed by atoms with Crippen LogP contribution in [0.2, 0.25) is 0 Å². The minimum atomic E-state index is 0.617. The highest BCUT2D eigenvalue weighted by Gasteiger charge is 1.83. The molecule has 0 bridgehead atoms. The minimum Gasteiger partial charge on any atom is -0.373 e. The number of hydrogen-bond acceptors (Lipinski definition) is 2. The molecule has 68 valence electrons. The van der Waals surface area contributed by atoms with Gasteiger partial charge >= 0.3 is 0 Å². The van der Waals surface area contributed by atoms with Gasteiger partial charge in [-0.3, -0.25) is 0 Å². The molecule has 1 aliphatic heterocycles. The van der Waals surface area contributed by atoms with Gasteiger partial charge in [-0.05, 0) is 0 Å². The molecular weight excluding hydrogens is 152 g/mol. The second-order valence-corrected chi connectivity index (χ2v) is 2.12. The maximum atomic E-state index is 4.90. The zero-order chi connectivity index (χ0) is 9.07. The van der Waals surface area contributed by atoms with Gasteiger partial charge in [0.25, 0.3) is 0 Å². The fourth-order valence-electron chi connectivity index (χ4n) is 0.575. The van der Waals surface area contributed by atoms with Crippen molar-refractivity contribution in [3.05, 3.63) is 37.5 Å². The molecule has 0 unspecified atom stereocenters. The Morgan fingerprint density at radius 2 is 1.67 bits per heavy atom. The maximum Gasteiger partial charge on any atom is 0.0652 e. The Morgan fingerprint density at radius 1 is 1.17 bits per heavy atom. The van der Waals surface area contributed by atoms with E-state index in [-0.39, 0.29) is 0 Å². The van der Waals surface area contributed by atoms with Gasteiger partial charge in [-0.15, -0.1) is 13.2 Å². The smallest absolute Gasteiger partial charge is 0.0652 e. The average molecular weight is 168 g/mol. The lowest BCUT2D eigenvalue weighted by Crippen LogP contribution is -1.87. The van der Waals surface area contributed by atoms with Crippen LogP contribution in [0, 0.1) is 0 Å². The topological polar surface area (TPSA) is 18.5 Å². The molecule has 0 aromatic heterocycles. The van der Waals surface area contributed by atoms with Crippen molar-refractivity contribution in [2.75, 3.05) is 26.4 Å². The maximum absolute atomic E-state index is 4.90. The van der Waals surface area contributed by atoms with Crippen LogP contribution >= 0.6 is 0 Å². The third kappa shape index (κ3) is 9.14. The lowest BCUT2D eigenvalue weighted by molar-refractivity contribution is 0.194. The number of hydrogen-bond donors (Lipinski definition) is 0. The fourth-order valence-corrected chi connectivity index (χ4v) is 0.575. The molecule has 0 aliphatic carbocycles. The van der Waals surface area contributed by atoms with Crippen LogP contribution in [0.25, 0.3) is 0 Å². The Morgan fingerprint density at radius 3 is 1.92 bits per heavy atom. The highest BCUT2D eigenvalue weighted by atomic mass is 16.5. The van der Waals surface area contributed by atoms with E-state index in [4.69, 9.17) is 9.47 Å². The zero-order valence-electron chi connectivity index (χ0n) is 7.37. The van der Waals surface area contributed by atoms with Crippen LogP contribution in [0.1, 0.15) is 0 Å². The number of rotatable bonds is 4. The van der Waals surface area contributed by atoms with Gasteiger partial charge in [-0.2, -0.15) is 0 Å². The Hall–Kier alpha value is -0.860. The van der Waals surface area contributed by atoms with Gasteiger partial charge in [-0.1, -0.05) is 24.3 Å². The van der Waals surface area contributed by atoms with Gasteiger partial charge in [0.2, 0.25) is 0 Å². The lowest BCUT2D eigenvalue weighted by atomic mass is 10.6. The molecule has 1 aliphatic rings. The summed E-state index contributed by atoms with van der Waals surface area (Å²) in [5, 5.41) is 0. The highest BCUT2D eigenvalue weighted by molar-refractivity contribution is 4.86. The van der Waals surface area contributed by atoms with Crippen LogP contribution in [0.3, 0.4) is 0 Å². The van der Waals surface area contributed by atoms with E-state index in [2.05, 4.69) is 13.2 Å². The van der Waals surface area contributed by atoms with E-state index in [1.165, 1.54) is 0 Å². The standard InChI is InChI=1S/C6H10O.C4H6O/c1-3-5-7-6-4-2;1-2-4-5-3-1/h3-4H,1-2,5-6H2;1-2H,3-4H2. The molecule has 0 aromatic carbocycles. The molecule has 2 heteroatoms. The largest absolute Gasteiger partial charge is 0.373 e. The molecule has 2 nitrogen and oxygen atoms in total. The first-order chi connectivity index (χ1) is 5.91. The summed E-state index contributed by atoms with van der Waals surface area (Å²) in [6, 6.07) is 0. The summed E-state index contributed by atoms with van der Waals surface area (Å²) in [4.78, 5) is 0. The molecule has 0 saturated carbocycles. The highest BCUT2D eigenvalue weighted by Crippen LogP contribution is 1.85. The SMILES string of the molecule is C1=CCOC1.C=CCOCC=C. The summed E-state index contributed by atoms with van der Waals surface area (Å²) in [5.74, 6) is 0. The van der Waals surface area contributed by atoms with Crippen molar-refractivity contribution < 1.29 is 9.47 Å². The summed E-state index contributed by atoms with van der Waals surface area (Å²) in [7, 11) is 0. The van der Waals surface area contributed by atoms with Gasteiger partial charge in [0.05, 0.1) is 26.4 Å². The third-order valence-electron chi connectivity index (χ3n) is 1.07. The normalized spacial score (nSPS) is 13.3. The average Bonchev–Trinajstić information content (AvgIpc) is 2.62. The van der Waals surface area contributed by atoms with Gasteiger partial charge in [0.15, 0.2) is 0 Å². The van der Waals surface area contributed by atoms with Crippen LogP contribution in [0.5, 0.6) is 0 Å². The van der Waals surface area contributed by atoms with Crippen molar-refractivity contribution in [3.8, 4) is 0 Å². The molecule has 0 fully saturated rings. The Balaban J connectivity index is 0.000000211. The summed E-state index contributed by atoms with van der Waals surface area (Å²) < 4.78 is 9.73. The van der Waals surface area contributed by atoms with Gasteiger partial charge in [0, 0.05) is 0 Å². The summed E-state index contributed by atoms with van der Waals surface area (Å²) >= 11 is 0. The van der Waals surface area contributed by atoms with E-state index in [1.807, 2.05) is 12.2 Å². The first-order valence-corrected chi connectivity index (χ1v) is 3.94. The summed E-state index contributed by atoms with van der Waals surface area (Å²) in [6.07, 6.45) is 7.45. The lowest BCUT2D eigenvalue weighted by Gasteiger charge is -1.89. The van der Waals surface area contributed by atoms with Crippen molar-refractivity contribution in [3.63, 3.8) is 0 Å². The first kappa shape index (κ1) is 11.1. The molecule has 1 rings (SSSR count). The number of ether oxygens (including phenoxy) is 2. The van der Waals surface area contributed by atoms with Crippen molar-refractivity contribution in [2.45, 2.75) is 0 Å². The predicted octanol–water partition coefficient (Wildman–Crippen LogP) is 1.95. The van der Waals surface area contributed by atoms with Gasteiger partial charge < -0.3 is 9.47 Å². The second-order valence-electron chi connectivity index (χ2n) is 2.12. The van der Waals surface area contributed by atoms with Crippen molar-refractivity contribution in [1.29, 1.82) is 0 Å². The molecule has 0 aromatic rings. The van der Waals surface area contributed by atoms with Gasteiger partial charge in [0.1, 0.15) is 0 Å². The fraction of sp³-hybridized carbons (Fsp3) is 0.400. The van der Waals surface area contributed by atoms with Crippen molar-refractivity contribution in [2.24, 2.45) is 0 Å². The van der Waals surface area contributed by atoms with E-state index in [9.17, 15) is 0 Å². The van der Waals surface area contributed by atoms with E-state index in [0.29, 0.717) is 13.2 Å². The minimum absolute atomic E-state index is 0.617. The van der Waals surface area contributed by atoms with E-state index in [0.717, 1.165) is 13.2 Å². The van der Waals surface area contributed by atoms with Crippen LogP contribution in [-0.4, -0.2) is 26.4 Å². The molecule has 0 saturated heterocycles. The molecule has 0 spiro atoms. The van der Waals surface area contributed by atoms with Crippen LogP contribution in [-0.2, 0) is 9.47 Å². The van der Waals surface area contributed by atoms with Gasteiger partial charge in [-0.25, -0.2) is 0 Å². The van der Waals surface area contributed by atoms with E-state index < -0.39 is 0 Å². The summed E-state index contributed by atoms with van der Waals surface area (Å²) in [6.45, 7) is 9.82.